The molecule has 11 heteroatoms. The molecule has 1 aliphatic rings. The number of hydrogen-bond donors (Lipinski definition) is 3. The second-order valence-electron chi connectivity index (χ2n) is 4.71. The molecule has 0 radical (unpaired) electrons. The summed E-state index contributed by atoms with van der Waals surface area (Å²) in [6, 6.07) is 0. The Hall–Kier alpha value is -1.98. The zero-order valence-electron chi connectivity index (χ0n) is 12.3. The van der Waals surface area contributed by atoms with Crippen molar-refractivity contribution in [2.24, 2.45) is 7.05 Å². The summed E-state index contributed by atoms with van der Waals surface area (Å²) in [5.74, 6) is -1.11. The molecule has 0 bridgehead atoms. The standard InChI is InChI=1S/C8H7BrN4O4.C4H9NO/c1-12-5-4(6(16)11-8(12)17)13(2-3(14)15)7(9)10-5;1-3-6-4-2-5-1/h2H2,1H3,(H,14,15)(H,11,16,17);5H,1-4H2. The number of nitrogens with one attached hydrogen (secondary N) is 2. The van der Waals surface area contributed by atoms with E-state index in [1.54, 1.807) is 0 Å². The Labute approximate surface area is 138 Å². The first-order valence-electron chi connectivity index (χ1n) is 6.77. The van der Waals surface area contributed by atoms with Crippen LogP contribution in [0.4, 0.5) is 0 Å². The molecular formula is C12H16BrN5O5. The molecule has 3 N–H and O–H groups in total. The number of ether oxygens (including phenoxy) is 1. The molecule has 126 valence electrons. The summed E-state index contributed by atoms with van der Waals surface area (Å²) in [4.78, 5) is 39.7. The van der Waals surface area contributed by atoms with Gasteiger partial charge in [-0.15, -0.1) is 0 Å². The van der Waals surface area contributed by atoms with Gasteiger partial charge in [-0.05, 0) is 15.9 Å². The third-order valence-corrected chi connectivity index (χ3v) is 3.71. The van der Waals surface area contributed by atoms with Crippen LogP contribution in [0.25, 0.3) is 11.2 Å². The van der Waals surface area contributed by atoms with E-state index in [9.17, 15) is 14.4 Å². The summed E-state index contributed by atoms with van der Waals surface area (Å²) in [6.45, 7) is 3.42. The zero-order valence-corrected chi connectivity index (χ0v) is 13.9. The van der Waals surface area contributed by atoms with Crippen LogP contribution < -0.4 is 16.6 Å². The van der Waals surface area contributed by atoms with Crippen molar-refractivity contribution in [3.8, 4) is 0 Å². The van der Waals surface area contributed by atoms with Gasteiger partial charge in [-0.3, -0.25) is 19.1 Å². The van der Waals surface area contributed by atoms with Crippen molar-refractivity contribution in [3.63, 3.8) is 0 Å². The minimum absolute atomic E-state index is 0.0429. The van der Waals surface area contributed by atoms with Gasteiger partial charge in [0.25, 0.3) is 5.56 Å². The lowest BCUT2D eigenvalue weighted by Gasteiger charge is -2.10. The Morgan fingerprint density at radius 2 is 2.04 bits per heavy atom. The SMILES string of the molecule is C1COCCN1.Cn1c(=O)[nH]c(=O)c2c1nc(Br)n2CC(=O)O. The van der Waals surface area contributed by atoms with Crippen molar-refractivity contribution >= 4 is 33.1 Å². The summed E-state index contributed by atoms with van der Waals surface area (Å²) in [7, 11) is 1.44. The summed E-state index contributed by atoms with van der Waals surface area (Å²) in [6.07, 6.45) is 0. The smallest absolute Gasteiger partial charge is 0.329 e. The Kier molecular flexibility index (Phi) is 5.69. The van der Waals surface area contributed by atoms with Crippen molar-refractivity contribution in [2.45, 2.75) is 6.54 Å². The molecule has 3 heterocycles. The number of fused-ring (bicyclic) bond motifs is 1. The summed E-state index contributed by atoms with van der Waals surface area (Å²) >= 11 is 3.05. The van der Waals surface area contributed by atoms with Crippen LogP contribution in [-0.2, 0) is 23.1 Å². The summed E-state index contributed by atoms with van der Waals surface area (Å²) in [5.41, 5.74) is -1.09. The highest BCUT2D eigenvalue weighted by molar-refractivity contribution is 9.10. The van der Waals surface area contributed by atoms with Crippen LogP contribution in [0.5, 0.6) is 0 Å². The molecule has 3 rings (SSSR count). The molecule has 10 nitrogen and oxygen atoms in total. The number of aliphatic carboxylic acids is 1. The molecule has 0 amide bonds. The molecule has 2 aromatic heterocycles. The predicted octanol–water partition coefficient (Wildman–Crippen LogP) is -1.12. The van der Waals surface area contributed by atoms with Gasteiger partial charge in [-0.25, -0.2) is 9.78 Å². The lowest BCUT2D eigenvalue weighted by atomic mass is 10.5. The lowest BCUT2D eigenvalue weighted by Crippen LogP contribution is -2.30. The maximum Gasteiger partial charge on any atom is 0.329 e. The van der Waals surface area contributed by atoms with Gasteiger partial charge < -0.3 is 19.7 Å². The van der Waals surface area contributed by atoms with E-state index >= 15 is 0 Å². The fourth-order valence-electron chi connectivity index (χ4n) is 2.00. The maximum absolute atomic E-state index is 11.6. The van der Waals surface area contributed by atoms with Crippen molar-refractivity contribution < 1.29 is 14.6 Å². The van der Waals surface area contributed by atoms with Crippen LogP contribution in [0, 0.1) is 0 Å². The van der Waals surface area contributed by atoms with Gasteiger partial charge in [0.05, 0.1) is 13.2 Å². The number of halogens is 1. The number of H-pyrrole nitrogens is 1. The third-order valence-electron chi connectivity index (χ3n) is 3.10. The molecule has 0 unspecified atom stereocenters. The minimum Gasteiger partial charge on any atom is -0.480 e. The molecule has 23 heavy (non-hydrogen) atoms. The number of aromatic amines is 1. The van der Waals surface area contributed by atoms with Gasteiger partial charge in [0.1, 0.15) is 6.54 Å². The van der Waals surface area contributed by atoms with Crippen LogP contribution in [0.1, 0.15) is 0 Å². The normalized spacial score (nSPS) is 14.3. The first-order valence-corrected chi connectivity index (χ1v) is 7.56. The van der Waals surface area contributed by atoms with Crippen molar-refractivity contribution in [2.75, 3.05) is 26.3 Å². The number of nitrogens with zero attached hydrogens (tertiary/aromatic N) is 3. The molecule has 0 spiro atoms. The molecule has 2 aromatic rings. The van der Waals surface area contributed by atoms with Gasteiger partial charge in [0.2, 0.25) is 0 Å². The van der Waals surface area contributed by atoms with E-state index in [1.165, 1.54) is 11.6 Å². The molecule has 0 aromatic carbocycles. The highest BCUT2D eigenvalue weighted by Gasteiger charge is 2.17. The largest absolute Gasteiger partial charge is 0.480 e. The van der Waals surface area contributed by atoms with Crippen molar-refractivity contribution in [1.82, 2.24) is 24.4 Å². The van der Waals surface area contributed by atoms with E-state index in [-0.39, 0.29) is 15.9 Å². The average molecular weight is 390 g/mol. The molecule has 0 saturated carbocycles. The van der Waals surface area contributed by atoms with Crippen LogP contribution in [0.2, 0.25) is 0 Å². The molecule has 0 aliphatic carbocycles. The molecular weight excluding hydrogens is 374 g/mol. The Bertz CT molecular complexity index is 808. The van der Waals surface area contributed by atoms with Crippen LogP contribution in [-0.4, -0.2) is 56.5 Å². The summed E-state index contributed by atoms with van der Waals surface area (Å²) in [5, 5.41) is 11.9. The number of aryl methyl sites for hydroxylation is 1. The fourth-order valence-corrected chi connectivity index (χ4v) is 2.47. The van der Waals surface area contributed by atoms with E-state index in [0.717, 1.165) is 30.9 Å². The number of morpholine rings is 1. The first-order chi connectivity index (χ1) is 10.9. The highest BCUT2D eigenvalue weighted by Crippen LogP contribution is 2.15. The number of carbonyl (C=O) groups is 1. The monoisotopic (exact) mass is 389 g/mol. The minimum atomic E-state index is -1.11. The van der Waals surface area contributed by atoms with E-state index in [4.69, 9.17) is 9.84 Å². The Balaban J connectivity index is 0.000000268. The van der Waals surface area contributed by atoms with Gasteiger partial charge in [0, 0.05) is 20.1 Å². The lowest BCUT2D eigenvalue weighted by molar-refractivity contribution is -0.137. The highest BCUT2D eigenvalue weighted by atomic mass is 79.9. The maximum atomic E-state index is 11.6. The topological polar surface area (TPSA) is 131 Å². The molecule has 0 atom stereocenters. The fraction of sp³-hybridized carbons (Fsp3) is 0.500. The van der Waals surface area contributed by atoms with E-state index < -0.39 is 23.8 Å². The van der Waals surface area contributed by atoms with E-state index in [1.807, 2.05) is 0 Å². The second-order valence-corrected chi connectivity index (χ2v) is 5.42. The number of rotatable bonds is 2. The van der Waals surface area contributed by atoms with Gasteiger partial charge in [-0.2, -0.15) is 0 Å². The third kappa shape index (κ3) is 4.06. The van der Waals surface area contributed by atoms with E-state index in [2.05, 4.69) is 31.2 Å². The zero-order chi connectivity index (χ0) is 17.0. The Morgan fingerprint density at radius 3 is 2.52 bits per heavy atom. The molecule has 1 fully saturated rings. The van der Waals surface area contributed by atoms with Gasteiger partial charge in [-0.1, -0.05) is 0 Å². The van der Waals surface area contributed by atoms with Crippen molar-refractivity contribution in [1.29, 1.82) is 0 Å². The van der Waals surface area contributed by atoms with Crippen LogP contribution >= 0.6 is 15.9 Å². The van der Waals surface area contributed by atoms with Crippen LogP contribution in [0.3, 0.4) is 0 Å². The number of carboxylic acids is 1. The number of aromatic nitrogens is 4. The average Bonchev–Trinajstić information content (AvgIpc) is 2.84. The number of imidazole rings is 1. The number of carboxylic acid groups (broad SMARTS) is 1. The predicted molar refractivity (Wildman–Crippen MR) is 84.6 cm³/mol. The Morgan fingerprint density at radius 1 is 1.39 bits per heavy atom. The van der Waals surface area contributed by atoms with Gasteiger partial charge >= 0.3 is 11.7 Å². The quantitative estimate of drug-likeness (QED) is 0.554. The second kappa shape index (κ2) is 7.53. The number of hydrogen-bond acceptors (Lipinski definition) is 6. The molecule has 1 aliphatic heterocycles. The molecule has 1 saturated heterocycles. The van der Waals surface area contributed by atoms with Gasteiger partial charge in [0.15, 0.2) is 15.9 Å². The van der Waals surface area contributed by atoms with E-state index in [0.29, 0.717) is 0 Å². The first kappa shape index (κ1) is 17.4. The van der Waals surface area contributed by atoms with Crippen molar-refractivity contribution in [3.05, 3.63) is 25.6 Å². The summed E-state index contributed by atoms with van der Waals surface area (Å²) < 4.78 is 7.50. The van der Waals surface area contributed by atoms with Crippen LogP contribution in [0.15, 0.2) is 14.3 Å².